The predicted octanol–water partition coefficient (Wildman–Crippen LogP) is 3.21. The first kappa shape index (κ1) is 39.7. The first-order chi connectivity index (χ1) is 24.4. The molecule has 3 heterocycles. The van der Waals surface area contributed by atoms with Crippen LogP contribution in [0, 0.1) is 17.2 Å². The molecule has 0 unspecified atom stereocenters. The van der Waals surface area contributed by atoms with Crippen molar-refractivity contribution in [1.29, 1.82) is 5.26 Å². The molecule has 4 rings (SSSR count). The fourth-order valence-electron chi connectivity index (χ4n) is 5.57. The van der Waals surface area contributed by atoms with Crippen LogP contribution in [0.4, 0.5) is 10.6 Å². The number of amides is 2. The van der Waals surface area contributed by atoms with Crippen LogP contribution >= 0.6 is 0 Å². The van der Waals surface area contributed by atoms with Gasteiger partial charge in [-0.2, -0.15) is 10.4 Å². The molecule has 0 aliphatic carbocycles. The number of carbonyl (C=O) groups excluding carboxylic acids is 4. The van der Waals surface area contributed by atoms with Crippen molar-refractivity contribution >= 4 is 35.3 Å². The van der Waals surface area contributed by atoms with Crippen LogP contribution in [0.2, 0.25) is 0 Å². The Balaban J connectivity index is 1.68. The van der Waals surface area contributed by atoms with Gasteiger partial charge in [0.1, 0.15) is 54.0 Å². The molecule has 5 atom stereocenters. The van der Waals surface area contributed by atoms with Crippen LogP contribution in [0.1, 0.15) is 66.6 Å². The fraction of sp³-hybridized carbons (Fsp3) is 0.528. The lowest BCUT2D eigenvalue weighted by Crippen LogP contribution is -2.50. The van der Waals surface area contributed by atoms with E-state index in [-0.39, 0.29) is 30.1 Å². The largest absolute Gasteiger partial charge is 0.463 e. The van der Waals surface area contributed by atoms with Crippen LogP contribution < -0.4 is 10.6 Å². The highest BCUT2D eigenvalue weighted by Crippen LogP contribution is 2.42. The first-order valence-electron chi connectivity index (χ1n) is 16.9. The van der Waals surface area contributed by atoms with Gasteiger partial charge in [-0.15, -0.1) is 0 Å². The highest BCUT2D eigenvalue weighted by molar-refractivity contribution is 5.98. The number of hydrogen-bond donors (Lipinski definition) is 3. The summed E-state index contributed by atoms with van der Waals surface area (Å²) in [5.74, 6) is -2.48. The van der Waals surface area contributed by atoms with Gasteiger partial charge in [-0.1, -0.05) is 44.2 Å². The van der Waals surface area contributed by atoms with E-state index < -0.39 is 77.6 Å². The van der Waals surface area contributed by atoms with Crippen molar-refractivity contribution < 1.29 is 48.0 Å². The summed E-state index contributed by atoms with van der Waals surface area (Å²) < 4.78 is 29.6. The van der Waals surface area contributed by atoms with Gasteiger partial charge in [-0.3, -0.25) is 9.59 Å². The van der Waals surface area contributed by atoms with Crippen molar-refractivity contribution in [1.82, 2.24) is 19.9 Å². The maximum absolute atomic E-state index is 13.7. The lowest BCUT2D eigenvalue weighted by molar-refractivity contribution is -0.163. The van der Waals surface area contributed by atoms with Crippen molar-refractivity contribution in [3.63, 3.8) is 0 Å². The molecule has 0 radical (unpaired) electrons. The third-order valence-electron chi connectivity index (χ3n) is 8.16. The smallest absolute Gasteiger partial charge is 0.408 e. The molecular weight excluding hydrogens is 676 g/mol. The predicted molar refractivity (Wildman–Crippen MR) is 184 cm³/mol. The maximum atomic E-state index is 13.7. The zero-order valence-electron chi connectivity index (χ0n) is 30.5. The molecule has 1 fully saturated rings. The van der Waals surface area contributed by atoms with Gasteiger partial charge in [0.2, 0.25) is 5.60 Å². The van der Waals surface area contributed by atoms with Gasteiger partial charge in [0.25, 0.3) is 5.91 Å². The lowest BCUT2D eigenvalue weighted by Gasteiger charge is -2.28. The van der Waals surface area contributed by atoms with Gasteiger partial charge in [-0.05, 0) is 65.2 Å². The van der Waals surface area contributed by atoms with Crippen molar-refractivity contribution in [3.05, 3.63) is 60.0 Å². The molecule has 0 bridgehead atoms. The summed E-state index contributed by atoms with van der Waals surface area (Å²) in [4.78, 5) is 56.3. The molecule has 3 aromatic rings. The molecule has 2 amide bonds. The van der Waals surface area contributed by atoms with Gasteiger partial charge < -0.3 is 39.4 Å². The Bertz CT molecular complexity index is 1800. The molecule has 1 aliphatic heterocycles. The normalized spacial score (nSPS) is 20.9. The summed E-state index contributed by atoms with van der Waals surface area (Å²) in [5, 5.41) is 32.0. The number of nitrogens with zero attached hydrogens (tertiary/aromatic N) is 4. The molecular formula is C36H46N6O10. The van der Waals surface area contributed by atoms with Crippen LogP contribution in [-0.4, -0.2) is 92.4 Å². The molecule has 16 nitrogen and oxygen atoms in total. The van der Waals surface area contributed by atoms with E-state index in [9.17, 15) is 29.5 Å². The lowest BCUT2D eigenvalue weighted by atomic mass is 9.92. The highest BCUT2D eigenvalue weighted by atomic mass is 16.6. The Morgan fingerprint density at radius 2 is 1.79 bits per heavy atom. The summed E-state index contributed by atoms with van der Waals surface area (Å²) in [6.07, 6.45) is -4.59. The Labute approximate surface area is 301 Å². The summed E-state index contributed by atoms with van der Waals surface area (Å²) in [6.45, 7) is 13.1. The second kappa shape index (κ2) is 16.1. The average Bonchev–Trinajstić information content (AvgIpc) is 3.62. The topological polar surface area (TPSA) is 213 Å². The molecule has 16 heteroatoms. The van der Waals surface area contributed by atoms with Crippen molar-refractivity contribution in [3.8, 4) is 6.07 Å². The number of nitriles is 1. The Morgan fingerprint density at radius 3 is 2.40 bits per heavy atom. The number of nitrogens with one attached hydrogen (secondary N) is 2. The number of rotatable bonds is 13. The van der Waals surface area contributed by atoms with E-state index in [1.165, 1.54) is 16.6 Å². The SMILES string of the molecule is CCOC(C)(C)C(=O)Nc1ncnn2c([C@]3(C#N)O[C@H](COC(=O)Cc4ccccc4)[C@@H](OC(=O)[C@@H](NC(=O)OC(C)(C)C)C(C)C)[C@H]3O)ccc12. The van der Waals surface area contributed by atoms with Crippen LogP contribution in [0.5, 0.6) is 0 Å². The summed E-state index contributed by atoms with van der Waals surface area (Å²) in [6, 6.07) is 12.6. The molecule has 3 N–H and O–H groups in total. The number of benzene rings is 1. The van der Waals surface area contributed by atoms with Gasteiger partial charge in [-0.25, -0.2) is 19.1 Å². The third kappa shape index (κ3) is 9.02. The molecule has 280 valence electrons. The van der Waals surface area contributed by atoms with E-state index in [0.29, 0.717) is 5.56 Å². The van der Waals surface area contributed by atoms with Crippen LogP contribution in [-0.2, 0) is 50.1 Å². The zero-order valence-corrected chi connectivity index (χ0v) is 30.5. The van der Waals surface area contributed by atoms with Gasteiger partial charge in [0.05, 0.1) is 12.1 Å². The number of ether oxygens (including phenoxy) is 5. The van der Waals surface area contributed by atoms with Gasteiger partial charge in [0, 0.05) is 6.61 Å². The summed E-state index contributed by atoms with van der Waals surface area (Å²) in [7, 11) is 0. The molecule has 52 heavy (non-hydrogen) atoms. The molecule has 1 aliphatic rings. The second-order valence-electron chi connectivity index (χ2n) is 14.1. The summed E-state index contributed by atoms with van der Waals surface area (Å²) in [5.41, 5.74) is -3.34. The van der Waals surface area contributed by atoms with Crippen LogP contribution in [0.15, 0.2) is 48.8 Å². The Kier molecular flexibility index (Phi) is 12.2. The van der Waals surface area contributed by atoms with Crippen molar-refractivity contribution in [2.45, 2.75) is 103 Å². The number of alkyl carbamates (subject to hydrolysis) is 1. The highest BCUT2D eigenvalue weighted by Gasteiger charge is 2.60. The Morgan fingerprint density at radius 1 is 1.10 bits per heavy atom. The number of esters is 2. The number of anilines is 1. The quantitative estimate of drug-likeness (QED) is 0.171. The monoisotopic (exact) mass is 722 g/mol. The molecule has 2 aromatic heterocycles. The minimum atomic E-state index is -2.24. The minimum Gasteiger partial charge on any atom is -0.463 e. The molecule has 0 saturated carbocycles. The van der Waals surface area contributed by atoms with E-state index in [1.807, 2.05) is 6.07 Å². The number of aliphatic hydroxyl groups excluding tert-OH is 1. The summed E-state index contributed by atoms with van der Waals surface area (Å²) >= 11 is 0. The number of aliphatic hydroxyl groups is 1. The van der Waals surface area contributed by atoms with Crippen molar-refractivity contribution in [2.75, 3.05) is 18.5 Å². The van der Waals surface area contributed by atoms with E-state index in [1.54, 1.807) is 85.7 Å². The minimum absolute atomic E-state index is 0.00548. The van der Waals surface area contributed by atoms with Gasteiger partial charge in [0.15, 0.2) is 11.9 Å². The van der Waals surface area contributed by atoms with E-state index in [2.05, 4.69) is 20.7 Å². The third-order valence-corrected chi connectivity index (χ3v) is 8.16. The van der Waals surface area contributed by atoms with E-state index in [4.69, 9.17) is 23.7 Å². The standard InChI is InChI=1S/C36H46N6O10/c1-9-49-35(7,8)32(46)41-30-23-15-16-25(42(23)39-20-38-30)36(19-37)29(44)28(24(51-36)18-48-26(43)17-22-13-11-10-12-14-22)50-31(45)27(21(2)3)40-33(47)52-34(4,5)6/h10-16,20-21,24,27-29,44H,9,17-18H2,1-8H3,(H,40,47)(H,38,39,41,46)/t24-,27+,28-,29-,36+/m1/s1. The number of aromatic nitrogens is 3. The second-order valence-corrected chi connectivity index (χ2v) is 14.1. The Hall–Kier alpha value is -5.11. The van der Waals surface area contributed by atoms with E-state index in [0.717, 1.165) is 6.33 Å². The van der Waals surface area contributed by atoms with Gasteiger partial charge >= 0.3 is 18.0 Å². The molecule has 1 aromatic carbocycles. The molecule has 1 saturated heterocycles. The zero-order chi connectivity index (χ0) is 38.4. The maximum Gasteiger partial charge on any atom is 0.408 e. The molecule has 0 spiro atoms. The number of fused-ring (bicyclic) bond motifs is 1. The van der Waals surface area contributed by atoms with Crippen LogP contribution in [0.25, 0.3) is 5.52 Å². The number of carbonyl (C=O) groups is 4. The first-order valence-corrected chi connectivity index (χ1v) is 16.9. The van der Waals surface area contributed by atoms with Crippen molar-refractivity contribution in [2.24, 2.45) is 5.92 Å². The number of hydrogen-bond acceptors (Lipinski definition) is 13. The fourth-order valence-corrected chi connectivity index (χ4v) is 5.57. The van der Waals surface area contributed by atoms with Crippen LogP contribution in [0.3, 0.4) is 0 Å². The van der Waals surface area contributed by atoms with E-state index >= 15 is 0 Å². The average molecular weight is 723 g/mol.